The Kier molecular flexibility index (Phi) is 3.05. The van der Waals surface area contributed by atoms with Gasteiger partial charge in [0, 0.05) is 31.4 Å². The molecule has 5 nitrogen and oxygen atoms in total. The lowest BCUT2D eigenvalue weighted by Gasteiger charge is -2.29. The summed E-state index contributed by atoms with van der Waals surface area (Å²) >= 11 is 0. The van der Waals surface area contributed by atoms with Gasteiger partial charge in [-0.25, -0.2) is 4.98 Å². The molecule has 0 atom stereocenters. The van der Waals surface area contributed by atoms with Crippen molar-refractivity contribution in [2.45, 2.75) is 13.5 Å². The first-order valence-electron chi connectivity index (χ1n) is 5.38. The minimum Gasteiger partial charge on any atom is -0.353 e. The number of pyridine rings is 1. The summed E-state index contributed by atoms with van der Waals surface area (Å²) in [5.74, 6) is 0.884. The normalized spacial score (nSPS) is 16.1. The van der Waals surface area contributed by atoms with Gasteiger partial charge in [-0.1, -0.05) is 0 Å². The average molecular weight is 220 g/mol. The van der Waals surface area contributed by atoms with Crippen LogP contribution in [-0.4, -0.2) is 30.5 Å². The molecule has 1 aliphatic rings. The van der Waals surface area contributed by atoms with Crippen molar-refractivity contribution in [2.24, 2.45) is 5.73 Å². The minimum absolute atomic E-state index is 0.0394. The van der Waals surface area contributed by atoms with Crippen LogP contribution in [0.1, 0.15) is 11.1 Å². The van der Waals surface area contributed by atoms with Crippen LogP contribution in [0.3, 0.4) is 0 Å². The number of carbonyl (C=O) groups excluding carboxylic acids is 1. The van der Waals surface area contributed by atoms with Gasteiger partial charge in [-0.15, -0.1) is 0 Å². The molecule has 1 fully saturated rings. The van der Waals surface area contributed by atoms with Crippen molar-refractivity contribution in [2.75, 3.05) is 24.5 Å². The summed E-state index contributed by atoms with van der Waals surface area (Å²) < 4.78 is 0. The summed E-state index contributed by atoms with van der Waals surface area (Å²) in [5.41, 5.74) is 7.87. The highest BCUT2D eigenvalue weighted by molar-refractivity contribution is 5.82. The Balaban J connectivity index is 2.31. The molecule has 0 spiro atoms. The first-order chi connectivity index (χ1) is 7.72. The molecule has 1 aromatic rings. The Labute approximate surface area is 94.6 Å². The van der Waals surface area contributed by atoms with Crippen molar-refractivity contribution in [3.63, 3.8) is 0 Å². The number of nitrogens with zero attached hydrogens (tertiary/aromatic N) is 2. The molecule has 0 saturated carbocycles. The van der Waals surface area contributed by atoms with Crippen LogP contribution in [0.25, 0.3) is 0 Å². The molecule has 1 aliphatic heterocycles. The zero-order valence-electron chi connectivity index (χ0n) is 9.36. The molecular weight excluding hydrogens is 204 g/mol. The van der Waals surface area contributed by atoms with E-state index in [1.54, 1.807) is 6.20 Å². The third kappa shape index (κ3) is 1.99. The molecule has 0 aliphatic carbocycles. The molecule has 2 rings (SSSR count). The van der Waals surface area contributed by atoms with E-state index in [1.165, 1.54) is 0 Å². The van der Waals surface area contributed by atoms with Gasteiger partial charge >= 0.3 is 0 Å². The zero-order chi connectivity index (χ0) is 11.5. The highest BCUT2D eigenvalue weighted by Crippen LogP contribution is 2.20. The second-order valence-corrected chi connectivity index (χ2v) is 3.91. The van der Waals surface area contributed by atoms with Crippen molar-refractivity contribution in [1.82, 2.24) is 10.3 Å². The molecule has 3 N–H and O–H groups in total. The van der Waals surface area contributed by atoms with E-state index < -0.39 is 0 Å². The van der Waals surface area contributed by atoms with Crippen LogP contribution < -0.4 is 16.0 Å². The Hall–Kier alpha value is -1.62. The molecular formula is C11H16N4O. The number of nitrogens with two attached hydrogens (primary N) is 1. The molecule has 5 heteroatoms. The summed E-state index contributed by atoms with van der Waals surface area (Å²) in [7, 11) is 0. The molecule has 0 radical (unpaired) electrons. The molecule has 1 aromatic heterocycles. The molecule has 1 saturated heterocycles. The molecule has 2 heterocycles. The first kappa shape index (κ1) is 10.9. The summed E-state index contributed by atoms with van der Waals surface area (Å²) in [6.45, 7) is 4.28. The predicted octanol–water partition coefficient (Wildman–Crippen LogP) is -0.215. The number of hydrogen-bond acceptors (Lipinski definition) is 4. The van der Waals surface area contributed by atoms with Crippen LogP contribution in [0.5, 0.6) is 0 Å². The van der Waals surface area contributed by atoms with E-state index in [1.807, 2.05) is 17.9 Å². The van der Waals surface area contributed by atoms with Gasteiger partial charge in [0.05, 0.1) is 6.54 Å². The smallest absolute Gasteiger partial charge is 0.239 e. The SMILES string of the molecule is Cc1ccnc(N2CCNC(=O)C2)c1CN. The monoisotopic (exact) mass is 220 g/mol. The van der Waals surface area contributed by atoms with Gasteiger partial charge in [-0.05, 0) is 18.6 Å². The first-order valence-corrected chi connectivity index (χ1v) is 5.38. The van der Waals surface area contributed by atoms with Crippen LogP contribution in [0, 0.1) is 6.92 Å². The van der Waals surface area contributed by atoms with E-state index in [-0.39, 0.29) is 5.91 Å². The number of carbonyl (C=O) groups is 1. The number of rotatable bonds is 2. The van der Waals surface area contributed by atoms with Crippen molar-refractivity contribution in [3.8, 4) is 0 Å². The molecule has 0 aromatic carbocycles. The molecule has 1 amide bonds. The maximum Gasteiger partial charge on any atom is 0.239 e. The Morgan fingerprint density at radius 1 is 1.62 bits per heavy atom. The second-order valence-electron chi connectivity index (χ2n) is 3.91. The van der Waals surface area contributed by atoms with E-state index in [4.69, 9.17) is 5.73 Å². The number of aryl methyl sites for hydroxylation is 1. The number of anilines is 1. The van der Waals surface area contributed by atoms with Gasteiger partial charge in [0.2, 0.25) is 5.91 Å². The highest BCUT2D eigenvalue weighted by Gasteiger charge is 2.20. The number of piperazine rings is 1. The van der Waals surface area contributed by atoms with E-state index >= 15 is 0 Å². The van der Waals surface area contributed by atoms with Crippen LogP contribution in [0.4, 0.5) is 5.82 Å². The predicted molar refractivity (Wildman–Crippen MR) is 62.1 cm³/mol. The van der Waals surface area contributed by atoms with E-state index in [9.17, 15) is 4.79 Å². The summed E-state index contributed by atoms with van der Waals surface area (Å²) in [6, 6.07) is 1.94. The van der Waals surface area contributed by atoms with Crippen molar-refractivity contribution >= 4 is 11.7 Å². The Morgan fingerprint density at radius 2 is 2.44 bits per heavy atom. The largest absolute Gasteiger partial charge is 0.353 e. The minimum atomic E-state index is 0.0394. The van der Waals surface area contributed by atoms with Crippen LogP contribution >= 0.6 is 0 Å². The van der Waals surface area contributed by atoms with Gasteiger partial charge in [0.25, 0.3) is 0 Å². The van der Waals surface area contributed by atoms with Crippen molar-refractivity contribution in [1.29, 1.82) is 0 Å². The highest BCUT2D eigenvalue weighted by atomic mass is 16.2. The second kappa shape index (κ2) is 4.49. The quantitative estimate of drug-likeness (QED) is 0.723. The lowest BCUT2D eigenvalue weighted by molar-refractivity contribution is -0.120. The van der Waals surface area contributed by atoms with Gasteiger partial charge in [0.15, 0.2) is 0 Å². The van der Waals surface area contributed by atoms with Crippen LogP contribution in [0.2, 0.25) is 0 Å². The van der Waals surface area contributed by atoms with Gasteiger partial charge < -0.3 is 16.0 Å². The van der Waals surface area contributed by atoms with Gasteiger partial charge in [-0.2, -0.15) is 0 Å². The van der Waals surface area contributed by atoms with Crippen molar-refractivity contribution < 1.29 is 4.79 Å². The van der Waals surface area contributed by atoms with Crippen molar-refractivity contribution in [3.05, 3.63) is 23.4 Å². The Morgan fingerprint density at radius 3 is 3.12 bits per heavy atom. The van der Waals surface area contributed by atoms with Gasteiger partial charge in [0.1, 0.15) is 5.82 Å². The van der Waals surface area contributed by atoms with E-state index in [2.05, 4.69) is 10.3 Å². The maximum atomic E-state index is 11.3. The molecule has 86 valence electrons. The number of nitrogens with one attached hydrogen (secondary N) is 1. The van der Waals surface area contributed by atoms with Gasteiger partial charge in [-0.3, -0.25) is 4.79 Å². The summed E-state index contributed by atoms with van der Waals surface area (Å²) in [4.78, 5) is 17.6. The van der Waals surface area contributed by atoms with Crippen LogP contribution in [0.15, 0.2) is 12.3 Å². The topological polar surface area (TPSA) is 71.2 Å². The number of amides is 1. The van der Waals surface area contributed by atoms with Crippen LogP contribution in [-0.2, 0) is 11.3 Å². The van der Waals surface area contributed by atoms with E-state index in [0.29, 0.717) is 19.6 Å². The number of aromatic nitrogens is 1. The zero-order valence-corrected chi connectivity index (χ0v) is 9.36. The molecule has 16 heavy (non-hydrogen) atoms. The Bertz CT molecular complexity index is 405. The molecule has 0 bridgehead atoms. The third-order valence-corrected chi connectivity index (χ3v) is 2.81. The lowest BCUT2D eigenvalue weighted by Crippen LogP contribution is -2.48. The lowest BCUT2D eigenvalue weighted by atomic mass is 10.1. The fourth-order valence-electron chi connectivity index (χ4n) is 1.92. The average Bonchev–Trinajstić information content (AvgIpc) is 2.28. The standard InChI is InChI=1S/C11H16N4O/c1-8-2-3-14-11(9(8)6-12)15-5-4-13-10(16)7-15/h2-3H,4-7,12H2,1H3,(H,13,16). The third-order valence-electron chi connectivity index (χ3n) is 2.81. The molecule has 0 unspecified atom stereocenters. The summed E-state index contributed by atoms with van der Waals surface area (Å²) in [6.07, 6.45) is 1.76. The van der Waals surface area contributed by atoms with E-state index in [0.717, 1.165) is 23.5 Å². The number of hydrogen-bond donors (Lipinski definition) is 2. The fraction of sp³-hybridized carbons (Fsp3) is 0.455. The fourth-order valence-corrected chi connectivity index (χ4v) is 1.92. The summed E-state index contributed by atoms with van der Waals surface area (Å²) in [5, 5.41) is 2.79. The maximum absolute atomic E-state index is 11.3.